The quantitative estimate of drug-likeness (QED) is 0.475. The fourth-order valence-electron chi connectivity index (χ4n) is 1.48. The highest BCUT2D eigenvalue weighted by Crippen LogP contribution is 2.19. The van der Waals surface area contributed by atoms with Gasteiger partial charge in [0.25, 0.3) is 0 Å². The lowest BCUT2D eigenvalue weighted by Gasteiger charge is -2.07. The largest absolute Gasteiger partial charge is 0.489 e. The summed E-state index contributed by atoms with van der Waals surface area (Å²) in [5.41, 5.74) is 0.437. The first-order chi connectivity index (χ1) is 6.70. The maximum atomic E-state index is 9.07. The summed E-state index contributed by atoms with van der Waals surface area (Å²) >= 11 is 4.28. The fraction of sp³-hybridized carbons (Fsp3) is 0. The molecule has 2 N–H and O–H groups in total. The van der Waals surface area contributed by atoms with Crippen molar-refractivity contribution in [3.8, 4) is 0 Å². The van der Waals surface area contributed by atoms with Crippen LogP contribution in [0.3, 0.4) is 0 Å². The summed E-state index contributed by atoms with van der Waals surface area (Å²) in [7, 11) is -1.47. The number of thiol groups is 1. The summed E-state index contributed by atoms with van der Waals surface area (Å²) in [6, 6.07) is 11.2. The Morgan fingerprint density at radius 3 is 2.43 bits per heavy atom. The van der Waals surface area contributed by atoms with E-state index < -0.39 is 7.12 Å². The van der Waals surface area contributed by atoms with E-state index in [1.807, 2.05) is 30.3 Å². The van der Waals surface area contributed by atoms with Crippen molar-refractivity contribution in [1.29, 1.82) is 0 Å². The minimum Gasteiger partial charge on any atom is -0.423 e. The second-order valence-corrected chi connectivity index (χ2v) is 3.55. The number of fused-ring (bicyclic) bond motifs is 1. The lowest BCUT2D eigenvalue weighted by molar-refractivity contribution is 0.425. The van der Waals surface area contributed by atoms with E-state index in [1.54, 1.807) is 6.07 Å². The molecule has 4 heteroatoms. The molecule has 0 atom stereocenters. The van der Waals surface area contributed by atoms with E-state index in [0.717, 1.165) is 10.8 Å². The molecule has 0 amide bonds. The Bertz CT molecular complexity index is 471. The van der Waals surface area contributed by atoms with Gasteiger partial charge in [-0.05, 0) is 16.2 Å². The lowest BCUT2D eigenvalue weighted by atomic mass is 9.79. The highest BCUT2D eigenvalue weighted by atomic mass is 32.1. The van der Waals surface area contributed by atoms with Gasteiger partial charge in [0.15, 0.2) is 0 Å². The third-order valence-electron chi connectivity index (χ3n) is 2.21. The summed E-state index contributed by atoms with van der Waals surface area (Å²) in [6.07, 6.45) is 0. The number of hydrogen-bond acceptors (Lipinski definition) is 3. The van der Waals surface area contributed by atoms with Gasteiger partial charge in [-0.2, -0.15) is 0 Å². The van der Waals surface area contributed by atoms with Gasteiger partial charge >= 0.3 is 7.12 Å². The van der Waals surface area contributed by atoms with Crippen LogP contribution < -0.4 is 5.46 Å². The highest BCUT2D eigenvalue weighted by Gasteiger charge is 2.15. The van der Waals surface area contributed by atoms with Gasteiger partial charge in [-0.15, -0.1) is 12.6 Å². The van der Waals surface area contributed by atoms with Gasteiger partial charge < -0.3 is 10.0 Å². The zero-order valence-electron chi connectivity index (χ0n) is 7.38. The van der Waals surface area contributed by atoms with Crippen LogP contribution in [-0.2, 0) is 0 Å². The van der Waals surface area contributed by atoms with E-state index in [0.29, 0.717) is 10.4 Å². The van der Waals surface area contributed by atoms with E-state index in [2.05, 4.69) is 12.6 Å². The molecule has 0 saturated carbocycles. The molecule has 0 aliphatic rings. The highest BCUT2D eigenvalue weighted by molar-refractivity contribution is 7.80. The van der Waals surface area contributed by atoms with Gasteiger partial charge in [-0.25, -0.2) is 0 Å². The molecule has 2 rings (SSSR count). The van der Waals surface area contributed by atoms with Crippen LogP contribution in [0, 0.1) is 0 Å². The maximum absolute atomic E-state index is 9.07. The second-order valence-electron chi connectivity index (χ2n) is 3.10. The van der Waals surface area contributed by atoms with Crippen molar-refractivity contribution in [3.05, 3.63) is 36.4 Å². The number of hydrogen-bond donors (Lipinski definition) is 3. The maximum Gasteiger partial charge on any atom is 0.489 e. The van der Waals surface area contributed by atoms with Crippen LogP contribution in [0.1, 0.15) is 0 Å². The summed E-state index contributed by atoms with van der Waals surface area (Å²) in [5.74, 6) is 0. The predicted octanol–water partition coefficient (Wildman–Crippen LogP) is 0.808. The Balaban J connectivity index is 2.75. The number of rotatable bonds is 1. The molecule has 14 heavy (non-hydrogen) atoms. The molecule has 0 unspecified atom stereocenters. The summed E-state index contributed by atoms with van der Waals surface area (Å²) < 4.78 is 0. The smallest absolute Gasteiger partial charge is 0.423 e. The van der Waals surface area contributed by atoms with Gasteiger partial charge in [-0.3, -0.25) is 0 Å². The zero-order chi connectivity index (χ0) is 10.1. The SMILES string of the molecule is OB(O)c1ccc2ccccc2c1S. The van der Waals surface area contributed by atoms with Crippen molar-refractivity contribution in [2.45, 2.75) is 4.90 Å². The third kappa shape index (κ3) is 1.52. The normalized spacial score (nSPS) is 10.5. The molecule has 0 saturated heterocycles. The van der Waals surface area contributed by atoms with E-state index in [9.17, 15) is 0 Å². The van der Waals surface area contributed by atoms with Crippen molar-refractivity contribution >= 4 is 36.0 Å². The average molecular weight is 204 g/mol. The van der Waals surface area contributed by atoms with Gasteiger partial charge in [-0.1, -0.05) is 36.4 Å². The molecular formula is C10H9BO2S. The summed E-state index contributed by atoms with van der Waals surface area (Å²) in [5, 5.41) is 20.1. The molecular weight excluding hydrogens is 195 g/mol. The Morgan fingerprint density at radius 2 is 1.71 bits per heavy atom. The first kappa shape index (κ1) is 9.58. The first-order valence-corrected chi connectivity index (χ1v) is 4.71. The van der Waals surface area contributed by atoms with Crippen LogP contribution >= 0.6 is 12.6 Å². The molecule has 0 aromatic heterocycles. The Hall–Kier alpha value is -0.965. The number of benzene rings is 2. The van der Waals surface area contributed by atoms with Gasteiger partial charge in [0.05, 0.1) is 0 Å². The van der Waals surface area contributed by atoms with Crippen LogP contribution in [-0.4, -0.2) is 17.2 Å². The van der Waals surface area contributed by atoms with Gasteiger partial charge in [0, 0.05) is 4.90 Å². The van der Waals surface area contributed by atoms with E-state index >= 15 is 0 Å². The van der Waals surface area contributed by atoms with Gasteiger partial charge in [0.2, 0.25) is 0 Å². The van der Waals surface area contributed by atoms with Crippen molar-refractivity contribution in [2.75, 3.05) is 0 Å². The Kier molecular flexibility index (Phi) is 2.50. The van der Waals surface area contributed by atoms with Crippen molar-refractivity contribution in [1.82, 2.24) is 0 Å². The van der Waals surface area contributed by atoms with Crippen LogP contribution in [0.25, 0.3) is 10.8 Å². The van der Waals surface area contributed by atoms with Crippen LogP contribution in [0.15, 0.2) is 41.3 Å². The molecule has 2 aromatic rings. The molecule has 2 aromatic carbocycles. The Morgan fingerprint density at radius 1 is 1.00 bits per heavy atom. The minimum atomic E-state index is -1.47. The zero-order valence-corrected chi connectivity index (χ0v) is 8.28. The minimum absolute atomic E-state index is 0.437. The molecule has 0 aliphatic heterocycles. The Labute approximate surface area is 87.7 Å². The molecule has 0 heterocycles. The topological polar surface area (TPSA) is 40.5 Å². The van der Waals surface area contributed by atoms with Gasteiger partial charge in [0.1, 0.15) is 0 Å². The fourth-order valence-corrected chi connectivity index (χ4v) is 1.87. The molecule has 0 fully saturated rings. The molecule has 70 valence electrons. The molecule has 2 nitrogen and oxygen atoms in total. The van der Waals surface area contributed by atoms with E-state index in [-0.39, 0.29) is 0 Å². The molecule has 0 radical (unpaired) electrons. The first-order valence-electron chi connectivity index (χ1n) is 4.27. The average Bonchev–Trinajstić information content (AvgIpc) is 2.18. The standard InChI is InChI=1S/C10H9BO2S/c12-11(13)9-6-5-7-3-1-2-4-8(7)10(9)14/h1-6,12-14H. The van der Waals surface area contributed by atoms with Crippen molar-refractivity contribution in [2.24, 2.45) is 0 Å². The van der Waals surface area contributed by atoms with Crippen molar-refractivity contribution in [3.63, 3.8) is 0 Å². The summed E-state index contributed by atoms with van der Waals surface area (Å²) in [4.78, 5) is 0.623. The van der Waals surface area contributed by atoms with E-state index in [1.165, 1.54) is 0 Å². The second kappa shape index (κ2) is 3.65. The molecule has 0 aliphatic carbocycles. The van der Waals surface area contributed by atoms with Crippen molar-refractivity contribution < 1.29 is 10.0 Å². The predicted molar refractivity (Wildman–Crippen MR) is 61.0 cm³/mol. The van der Waals surface area contributed by atoms with Crippen LogP contribution in [0.5, 0.6) is 0 Å². The third-order valence-corrected chi connectivity index (χ3v) is 2.71. The molecule has 0 spiro atoms. The van der Waals surface area contributed by atoms with Crippen LogP contribution in [0.2, 0.25) is 0 Å². The lowest BCUT2D eigenvalue weighted by Crippen LogP contribution is -2.31. The monoisotopic (exact) mass is 204 g/mol. The molecule has 0 bridgehead atoms. The van der Waals surface area contributed by atoms with Crippen LogP contribution in [0.4, 0.5) is 0 Å². The van der Waals surface area contributed by atoms with E-state index in [4.69, 9.17) is 10.0 Å². The summed E-state index contributed by atoms with van der Waals surface area (Å²) in [6.45, 7) is 0.